The number of benzene rings is 4. The highest BCUT2D eigenvalue weighted by Gasteiger charge is 2.54. The summed E-state index contributed by atoms with van der Waals surface area (Å²) in [4.78, 5) is 4.57. The summed E-state index contributed by atoms with van der Waals surface area (Å²) in [6, 6.07) is 30.3. The molecule has 8 rings (SSSR count). The molecule has 0 radical (unpaired) electrons. The summed E-state index contributed by atoms with van der Waals surface area (Å²) in [6.07, 6.45) is 5.72. The predicted molar refractivity (Wildman–Crippen MR) is 152 cm³/mol. The lowest BCUT2D eigenvalue weighted by molar-refractivity contribution is -0.984. The molecule has 3 aliphatic heterocycles. The second kappa shape index (κ2) is 8.79. The molecule has 1 N–H and O–H groups in total. The van der Waals surface area contributed by atoms with Gasteiger partial charge in [-0.05, 0) is 51.2 Å². The van der Waals surface area contributed by atoms with Gasteiger partial charge in [0.25, 0.3) is 0 Å². The molecule has 0 saturated carbocycles. The van der Waals surface area contributed by atoms with Crippen molar-refractivity contribution in [3.05, 3.63) is 115 Å². The molecule has 3 aliphatic rings. The molecular weight excluding hydrogens is 452 g/mol. The first-order valence-electron chi connectivity index (χ1n) is 13.6. The Morgan fingerprint density at radius 3 is 2.32 bits per heavy atom. The van der Waals surface area contributed by atoms with Gasteiger partial charge in [-0.15, -0.1) is 6.58 Å². The van der Waals surface area contributed by atoms with E-state index >= 15 is 0 Å². The fraction of sp³-hybridized carbons (Fsp3) is 0.265. The molecule has 5 aromatic rings. The average molecular weight is 486 g/mol. The molecule has 4 heterocycles. The predicted octanol–water partition coefficient (Wildman–Crippen LogP) is 7.19. The highest BCUT2D eigenvalue weighted by molar-refractivity contribution is 6.02. The lowest BCUT2D eigenvalue weighted by Crippen LogP contribution is -2.67. The van der Waals surface area contributed by atoms with E-state index in [0.717, 1.165) is 47.0 Å². The van der Waals surface area contributed by atoms with Gasteiger partial charge in [0.2, 0.25) is 0 Å². The third-order valence-corrected chi connectivity index (χ3v) is 9.40. The van der Waals surface area contributed by atoms with E-state index in [4.69, 9.17) is 0 Å². The van der Waals surface area contributed by atoms with Gasteiger partial charge in [-0.25, -0.2) is 0 Å². The Morgan fingerprint density at radius 1 is 0.919 bits per heavy atom. The van der Waals surface area contributed by atoms with Crippen LogP contribution in [0, 0.1) is 11.8 Å². The normalized spacial score (nSPS) is 26.0. The lowest BCUT2D eigenvalue weighted by Gasteiger charge is -2.58. The fourth-order valence-electron chi connectivity index (χ4n) is 7.56. The SMILES string of the molecule is C=C[C@H]1C[N@+]2(Cc3c4ccccc4cc4ccccc34)CC[C@H]1C[C@@H]2[C@H](O)c1ccnc2ccccc12. The first-order chi connectivity index (χ1) is 18.2. The van der Waals surface area contributed by atoms with Gasteiger partial charge < -0.3 is 9.59 Å². The maximum Gasteiger partial charge on any atom is 0.131 e. The molecule has 37 heavy (non-hydrogen) atoms. The van der Waals surface area contributed by atoms with E-state index in [-0.39, 0.29) is 6.04 Å². The molecule has 3 nitrogen and oxygen atoms in total. The third-order valence-electron chi connectivity index (χ3n) is 9.40. The maximum absolute atomic E-state index is 12.1. The van der Waals surface area contributed by atoms with Crippen molar-refractivity contribution in [1.29, 1.82) is 0 Å². The fourth-order valence-corrected chi connectivity index (χ4v) is 7.56. The zero-order valence-corrected chi connectivity index (χ0v) is 21.1. The summed E-state index contributed by atoms with van der Waals surface area (Å²) in [5, 5.41) is 18.4. The Bertz CT molecular complexity index is 1580. The Morgan fingerprint density at radius 2 is 1.59 bits per heavy atom. The molecule has 2 bridgehead atoms. The molecule has 0 aliphatic carbocycles. The largest absolute Gasteiger partial charge is 0.382 e. The molecule has 3 fully saturated rings. The Kier molecular flexibility index (Phi) is 5.38. The second-order valence-electron chi connectivity index (χ2n) is 11.2. The first-order valence-corrected chi connectivity index (χ1v) is 13.6. The Labute approximate surface area is 218 Å². The van der Waals surface area contributed by atoms with Crippen molar-refractivity contribution in [3.63, 3.8) is 0 Å². The van der Waals surface area contributed by atoms with Crippen molar-refractivity contribution in [2.75, 3.05) is 13.1 Å². The van der Waals surface area contributed by atoms with Gasteiger partial charge in [-0.3, -0.25) is 4.98 Å². The van der Waals surface area contributed by atoms with Crippen molar-refractivity contribution in [3.8, 4) is 0 Å². The molecule has 184 valence electrons. The topological polar surface area (TPSA) is 33.1 Å². The van der Waals surface area contributed by atoms with E-state index in [2.05, 4.69) is 78.3 Å². The van der Waals surface area contributed by atoms with E-state index < -0.39 is 6.10 Å². The number of piperidine rings is 3. The highest BCUT2D eigenvalue weighted by atomic mass is 16.3. The Balaban J connectivity index is 1.39. The summed E-state index contributed by atoms with van der Waals surface area (Å²) in [6.45, 7) is 7.28. The quantitative estimate of drug-likeness (QED) is 0.162. The Hall–Kier alpha value is -3.53. The molecule has 1 aromatic heterocycles. The monoisotopic (exact) mass is 485 g/mol. The number of fused-ring (bicyclic) bond motifs is 6. The van der Waals surface area contributed by atoms with Crippen LogP contribution in [0.4, 0.5) is 0 Å². The van der Waals surface area contributed by atoms with E-state index in [1.807, 2.05) is 30.5 Å². The van der Waals surface area contributed by atoms with Gasteiger partial charge >= 0.3 is 0 Å². The molecule has 0 unspecified atom stereocenters. The van der Waals surface area contributed by atoms with E-state index in [0.29, 0.717) is 11.8 Å². The lowest BCUT2D eigenvalue weighted by atomic mass is 9.71. The van der Waals surface area contributed by atoms with Gasteiger partial charge in [0.1, 0.15) is 18.7 Å². The zero-order chi connectivity index (χ0) is 25.0. The molecule has 5 atom stereocenters. The van der Waals surface area contributed by atoms with E-state index in [9.17, 15) is 5.11 Å². The minimum absolute atomic E-state index is 0.137. The maximum atomic E-state index is 12.1. The molecule has 0 amide bonds. The summed E-state index contributed by atoms with van der Waals surface area (Å²) < 4.78 is 0.906. The van der Waals surface area contributed by atoms with Crippen LogP contribution in [0.5, 0.6) is 0 Å². The van der Waals surface area contributed by atoms with Gasteiger partial charge in [0, 0.05) is 35.9 Å². The minimum atomic E-state index is -0.539. The van der Waals surface area contributed by atoms with Crippen LogP contribution in [-0.4, -0.2) is 33.7 Å². The van der Waals surface area contributed by atoms with Crippen molar-refractivity contribution < 1.29 is 9.59 Å². The third kappa shape index (κ3) is 3.60. The average Bonchev–Trinajstić information content (AvgIpc) is 2.96. The minimum Gasteiger partial charge on any atom is -0.382 e. The first kappa shape index (κ1) is 22.7. The second-order valence-corrected chi connectivity index (χ2v) is 11.2. The van der Waals surface area contributed by atoms with Crippen LogP contribution in [0.25, 0.3) is 32.4 Å². The molecule has 0 spiro atoms. The van der Waals surface area contributed by atoms with Crippen LogP contribution in [-0.2, 0) is 6.54 Å². The summed E-state index contributed by atoms with van der Waals surface area (Å²) >= 11 is 0. The number of aromatic nitrogens is 1. The van der Waals surface area contributed by atoms with Gasteiger partial charge in [-0.2, -0.15) is 0 Å². The highest BCUT2D eigenvalue weighted by Crippen LogP contribution is 2.49. The van der Waals surface area contributed by atoms with Crippen LogP contribution in [0.15, 0.2) is 104 Å². The summed E-state index contributed by atoms with van der Waals surface area (Å²) in [5.41, 5.74) is 3.37. The van der Waals surface area contributed by atoms with E-state index in [1.165, 1.54) is 33.5 Å². The number of nitrogens with zero attached hydrogens (tertiary/aromatic N) is 2. The number of para-hydroxylation sites is 1. The molecule has 4 aromatic carbocycles. The van der Waals surface area contributed by atoms with E-state index in [1.54, 1.807) is 0 Å². The van der Waals surface area contributed by atoms with Gasteiger partial charge in [-0.1, -0.05) is 72.8 Å². The van der Waals surface area contributed by atoms with Gasteiger partial charge in [0.05, 0.1) is 18.6 Å². The number of hydrogen-bond acceptors (Lipinski definition) is 2. The summed E-state index contributed by atoms with van der Waals surface area (Å²) in [7, 11) is 0. The van der Waals surface area contributed by atoms with Crippen molar-refractivity contribution in [1.82, 2.24) is 4.98 Å². The number of quaternary nitrogens is 1. The smallest absolute Gasteiger partial charge is 0.131 e. The number of rotatable bonds is 5. The number of aliphatic hydroxyl groups excluding tert-OH is 1. The number of hydrogen-bond donors (Lipinski definition) is 1. The standard InChI is InChI=1S/C34H33N2O/c1-2-23-21-36(22-31-27-11-5-3-9-25(27)19-26-10-4-6-12-28(26)31)18-16-24(23)20-33(36)34(37)30-15-17-35-32-14-8-7-13-29(30)32/h2-15,17,19,23-24,33-34,37H,1,16,18,20-22H2/q+1/t23-,24-,33+,34+,36-/m0/s1. The van der Waals surface area contributed by atoms with Crippen LogP contribution >= 0.6 is 0 Å². The van der Waals surface area contributed by atoms with Crippen molar-refractivity contribution in [2.45, 2.75) is 31.5 Å². The van der Waals surface area contributed by atoms with Crippen LogP contribution < -0.4 is 0 Å². The van der Waals surface area contributed by atoms with Crippen LogP contribution in [0.2, 0.25) is 0 Å². The van der Waals surface area contributed by atoms with Crippen molar-refractivity contribution >= 4 is 32.4 Å². The molecule has 3 saturated heterocycles. The molecular formula is C34H33N2O+. The number of aliphatic hydroxyl groups is 1. The number of pyridine rings is 1. The summed E-state index contributed by atoms with van der Waals surface area (Å²) in [5.74, 6) is 1.09. The van der Waals surface area contributed by atoms with Gasteiger partial charge in [0.15, 0.2) is 0 Å². The van der Waals surface area contributed by atoms with Crippen molar-refractivity contribution in [2.24, 2.45) is 11.8 Å². The zero-order valence-electron chi connectivity index (χ0n) is 21.1. The molecule has 3 heteroatoms. The van der Waals surface area contributed by atoms with Crippen LogP contribution in [0.1, 0.15) is 30.1 Å². The van der Waals surface area contributed by atoms with Crippen LogP contribution in [0.3, 0.4) is 0 Å².